The molecule has 9 aromatic carbocycles. The van der Waals surface area contributed by atoms with Gasteiger partial charge in [-0.1, -0.05) is 158 Å². The topological polar surface area (TPSA) is 12.5 Å². The average molecular weight is 676 g/mol. The normalized spacial score (nSPS) is 15.0. The van der Waals surface area contributed by atoms with E-state index in [-0.39, 0.29) is 0 Å². The number of nitrogens with zero attached hydrogens (tertiary/aromatic N) is 1. The maximum absolute atomic E-state index is 6.87. The van der Waals surface area contributed by atoms with Gasteiger partial charge in [0.15, 0.2) is 0 Å². The van der Waals surface area contributed by atoms with Gasteiger partial charge in [0.25, 0.3) is 0 Å². The van der Waals surface area contributed by atoms with Gasteiger partial charge in [-0.05, 0) is 92.0 Å². The summed E-state index contributed by atoms with van der Waals surface area (Å²) in [5.41, 5.74) is 12.5. The van der Waals surface area contributed by atoms with Crippen LogP contribution in [0.25, 0.3) is 43.8 Å². The molecule has 2 aliphatic rings. The molecule has 0 saturated carbocycles. The van der Waals surface area contributed by atoms with Crippen LogP contribution in [0.5, 0.6) is 11.5 Å². The molecule has 1 heterocycles. The Bertz CT molecular complexity index is 2870. The molecular formula is C51H33NO. The summed E-state index contributed by atoms with van der Waals surface area (Å²) in [4.78, 5) is 2.41. The molecule has 11 rings (SSSR count). The van der Waals surface area contributed by atoms with Crippen molar-refractivity contribution >= 4 is 38.6 Å². The van der Waals surface area contributed by atoms with Crippen molar-refractivity contribution in [2.24, 2.45) is 0 Å². The summed E-state index contributed by atoms with van der Waals surface area (Å²) in [6.45, 7) is 0. The molecule has 0 N–H and O–H groups in total. The van der Waals surface area contributed by atoms with Gasteiger partial charge < -0.3 is 9.64 Å². The van der Waals surface area contributed by atoms with E-state index in [0.717, 1.165) is 39.7 Å². The van der Waals surface area contributed by atoms with Gasteiger partial charge in [-0.15, -0.1) is 0 Å². The summed E-state index contributed by atoms with van der Waals surface area (Å²) in [7, 11) is 0. The Kier molecular flexibility index (Phi) is 6.50. The molecule has 0 amide bonds. The number of fused-ring (bicyclic) bond motifs is 9. The SMILES string of the molecule is c1ccc(-c2ccc(N(c3ccccc3)c3ccc4c(c3)C3(c5ccccc5O4)c4ccccc4-c4cccc5cccc3c45)c3ccccc23)cc1. The van der Waals surface area contributed by atoms with Crippen LogP contribution in [0.3, 0.4) is 0 Å². The number of benzene rings is 9. The number of hydrogen-bond donors (Lipinski definition) is 0. The van der Waals surface area contributed by atoms with E-state index in [1.54, 1.807) is 0 Å². The molecule has 1 aliphatic heterocycles. The maximum atomic E-state index is 6.87. The molecule has 0 fully saturated rings. The molecule has 1 atom stereocenters. The second-order valence-corrected chi connectivity index (χ2v) is 14.0. The van der Waals surface area contributed by atoms with Gasteiger partial charge in [0.1, 0.15) is 11.5 Å². The van der Waals surface area contributed by atoms with Crippen molar-refractivity contribution < 1.29 is 4.74 Å². The van der Waals surface area contributed by atoms with Crippen molar-refractivity contribution in [3.63, 3.8) is 0 Å². The molecule has 0 saturated heterocycles. The summed E-state index contributed by atoms with van der Waals surface area (Å²) in [6, 6.07) is 72.6. The number of ether oxygens (including phenoxy) is 1. The molecule has 0 radical (unpaired) electrons. The third kappa shape index (κ3) is 4.27. The Labute approximate surface area is 308 Å². The lowest BCUT2D eigenvalue weighted by Gasteiger charge is -2.45. The Hall–Kier alpha value is -6.90. The molecule has 53 heavy (non-hydrogen) atoms. The van der Waals surface area contributed by atoms with Crippen molar-refractivity contribution in [2.45, 2.75) is 5.41 Å². The van der Waals surface area contributed by atoms with Gasteiger partial charge in [-0.25, -0.2) is 0 Å². The molecule has 1 unspecified atom stereocenters. The van der Waals surface area contributed by atoms with Crippen LogP contribution in [0, 0.1) is 0 Å². The fraction of sp³-hybridized carbons (Fsp3) is 0.0196. The van der Waals surface area contributed by atoms with Gasteiger partial charge in [-0.2, -0.15) is 0 Å². The number of hydrogen-bond acceptors (Lipinski definition) is 2. The van der Waals surface area contributed by atoms with Gasteiger partial charge in [0, 0.05) is 27.9 Å². The summed E-state index contributed by atoms with van der Waals surface area (Å²) >= 11 is 0. The lowest BCUT2D eigenvalue weighted by atomic mass is 9.58. The summed E-state index contributed by atoms with van der Waals surface area (Å²) in [5, 5.41) is 4.94. The fourth-order valence-electron chi connectivity index (χ4n) is 9.17. The third-order valence-electron chi connectivity index (χ3n) is 11.3. The summed E-state index contributed by atoms with van der Waals surface area (Å²) in [6.07, 6.45) is 0. The summed E-state index contributed by atoms with van der Waals surface area (Å²) < 4.78 is 6.87. The van der Waals surface area contributed by atoms with Gasteiger partial charge >= 0.3 is 0 Å². The van der Waals surface area contributed by atoms with Crippen molar-refractivity contribution in [1.82, 2.24) is 0 Å². The molecule has 0 aromatic heterocycles. The zero-order valence-corrected chi connectivity index (χ0v) is 28.9. The van der Waals surface area contributed by atoms with Crippen LogP contribution in [0.2, 0.25) is 0 Å². The van der Waals surface area contributed by atoms with Crippen LogP contribution in [-0.2, 0) is 5.41 Å². The highest BCUT2D eigenvalue weighted by Gasteiger charge is 2.49. The van der Waals surface area contributed by atoms with E-state index in [0.29, 0.717) is 0 Å². The quantitative estimate of drug-likeness (QED) is 0.184. The van der Waals surface area contributed by atoms with E-state index in [4.69, 9.17) is 4.74 Å². The van der Waals surface area contributed by atoms with Crippen molar-refractivity contribution in [1.29, 1.82) is 0 Å². The van der Waals surface area contributed by atoms with E-state index in [2.05, 4.69) is 205 Å². The van der Waals surface area contributed by atoms with Crippen LogP contribution in [-0.4, -0.2) is 0 Å². The highest BCUT2D eigenvalue weighted by atomic mass is 16.5. The maximum Gasteiger partial charge on any atom is 0.132 e. The highest BCUT2D eigenvalue weighted by Crippen LogP contribution is 2.61. The van der Waals surface area contributed by atoms with E-state index in [1.807, 2.05) is 0 Å². The minimum absolute atomic E-state index is 0.619. The molecule has 1 aliphatic carbocycles. The van der Waals surface area contributed by atoms with E-state index < -0.39 is 5.41 Å². The lowest BCUT2D eigenvalue weighted by Crippen LogP contribution is -2.36. The Morgan fingerprint density at radius 2 is 1.02 bits per heavy atom. The van der Waals surface area contributed by atoms with Crippen LogP contribution >= 0.6 is 0 Å². The molecule has 9 aromatic rings. The molecule has 2 heteroatoms. The molecule has 1 spiro atoms. The molecule has 2 nitrogen and oxygen atoms in total. The van der Waals surface area contributed by atoms with Gasteiger partial charge in [0.05, 0.1) is 11.1 Å². The third-order valence-corrected chi connectivity index (χ3v) is 11.3. The first-order valence-electron chi connectivity index (χ1n) is 18.3. The van der Waals surface area contributed by atoms with Crippen LogP contribution in [0.4, 0.5) is 17.1 Å². The first-order valence-corrected chi connectivity index (χ1v) is 18.3. The predicted octanol–water partition coefficient (Wildman–Crippen LogP) is 13.6. The average Bonchev–Trinajstić information content (AvgIpc) is 3.23. The monoisotopic (exact) mass is 675 g/mol. The van der Waals surface area contributed by atoms with Gasteiger partial charge in [-0.3, -0.25) is 0 Å². The van der Waals surface area contributed by atoms with Crippen LogP contribution < -0.4 is 9.64 Å². The zero-order valence-electron chi connectivity index (χ0n) is 28.9. The number of anilines is 3. The fourth-order valence-corrected chi connectivity index (χ4v) is 9.17. The Morgan fingerprint density at radius 1 is 0.377 bits per heavy atom. The van der Waals surface area contributed by atoms with Crippen molar-refractivity contribution in [3.8, 4) is 33.8 Å². The first kappa shape index (κ1) is 29.8. The molecule has 0 bridgehead atoms. The smallest absolute Gasteiger partial charge is 0.132 e. The molecule has 248 valence electrons. The van der Waals surface area contributed by atoms with Crippen molar-refractivity contribution in [2.75, 3.05) is 4.90 Å². The largest absolute Gasteiger partial charge is 0.457 e. The molecular weight excluding hydrogens is 643 g/mol. The Morgan fingerprint density at radius 3 is 1.87 bits per heavy atom. The second-order valence-electron chi connectivity index (χ2n) is 14.0. The Balaban J connectivity index is 1.22. The van der Waals surface area contributed by atoms with E-state index >= 15 is 0 Å². The first-order chi connectivity index (χ1) is 26.3. The van der Waals surface area contributed by atoms with E-state index in [9.17, 15) is 0 Å². The summed E-state index contributed by atoms with van der Waals surface area (Å²) in [5.74, 6) is 1.76. The minimum Gasteiger partial charge on any atom is -0.457 e. The van der Waals surface area contributed by atoms with Crippen LogP contribution in [0.1, 0.15) is 22.3 Å². The second kappa shape index (κ2) is 11.6. The van der Waals surface area contributed by atoms with E-state index in [1.165, 1.54) is 54.9 Å². The minimum atomic E-state index is -0.619. The zero-order chi connectivity index (χ0) is 34.9. The van der Waals surface area contributed by atoms with Crippen LogP contribution in [0.15, 0.2) is 200 Å². The van der Waals surface area contributed by atoms with Crippen molar-refractivity contribution in [3.05, 3.63) is 222 Å². The predicted molar refractivity (Wildman–Crippen MR) is 219 cm³/mol. The number of rotatable bonds is 4. The number of para-hydroxylation sites is 2. The highest BCUT2D eigenvalue weighted by molar-refractivity contribution is 6.07. The lowest BCUT2D eigenvalue weighted by molar-refractivity contribution is 0.435. The van der Waals surface area contributed by atoms with Gasteiger partial charge in [0.2, 0.25) is 0 Å². The standard InChI is InChI=1S/C51H33NO/c1-3-15-34(16-4-1)38-30-31-47(41-23-8-7-21-39(38)41)52(36-19-5-2-6-20-36)37-29-32-49-46(33-37)51(44-26-11-12-28-48(44)53-49)43-25-10-9-22-40(43)42-24-13-17-35-18-14-27-45(51)50(35)42/h1-33H.